The summed E-state index contributed by atoms with van der Waals surface area (Å²) in [7, 11) is 1.69. The van der Waals surface area contributed by atoms with Crippen molar-refractivity contribution in [1.29, 1.82) is 0 Å². The van der Waals surface area contributed by atoms with Gasteiger partial charge in [0.25, 0.3) is 0 Å². The molecule has 3 nitrogen and oxygen atoms in total. The predicted molar refractivity (Wildman–Crippen MR) is 82.7 cm³/mol. The molecule has 1 unspecified atom stereocenters. The van der Waals surface area contributed by atoms with Gasteiger partial charge in [0, 0.05) is 24.9 Å². The van der Waals surface area contributed by atoms with Crippen molar-refractivity contribution in [3.63, 3.8) is 0 Å². The quantitative estimate of drug-likeness (QED) is 0.750. The van der Waals surface area contributed by atoms with Crippen molar-refractivity contribution in [1.82, 2.24) is 10.6 Å². The van der Waals surface area contributed by atoms with E-state index in [0.717, 1.165) is 13.0 Å². The molecule has 0 radical (unpaired) electrons. The van der Waals surface area contributed by atoms with Gasteiger partial charge >= 0.3 is 0 Å². The van der Waals surface area contributed by atoms with E-state index in [1.54, 1.807) is 7.05 Å². The number of amides is 1. The normalized spacial score (nSPS) is 18.1. The van der Waals surface area contributed by atoms with Crippen LogP contribution >= 0.6 is 0 Å². The molecule has 0 aliphatic heterocycles. The molecule has 2 N–H and O–H groups in total. The van der Waals surface area contributed by atoms with Crippen LogP contribution in [0.1, 0.15) is 44.6 Å². The second-order valence-electron chi connectivity index (χ2n) is 5.83. The van der Waals surface area contributed by atoms with E-state index in [2.05, 4.69) is 47.9 Å². The first-order chi connectivity index (χ1) is 9.69. The maximum Gasteiger partial charge on any atom is 0.219 e. The fraction of sp³-hybridized carbons (Fsp3) is 0.588. The molecule has 0 spiro atoms. The summed E-state index contributed by atoms with van der Waals surface area (Å²) in [5.41, 5.74) is 1.76. The molecule has 20 heavy (non-hydrogen) atoms. The third kappa shape index (κ3) is 3.21. The summed E-state index contributed by atoms with van der Waals surface area (Å²) < 4.78 is 0. The Morgan fingerprint density at radius 1 is 1.30 bits per heavy atom. The van der Waals surface area contributed by atoms with Crippen LogP contribution in [0.4, 0.5) is 0 Å². The maximum absolute atomic E-state index is 11.2. The van der Waals surface area contributed by atoms with Crippen LogP contribution in [0.3, 0.4) is 0 Å². The molecule has 0 saturated heterocycles. The van der Waals surface area contributed by atoms with E-state index in [0.29, 0.717) is 17.9 Å². The van der Waals surface area contributed by atoms with Crippen molar-refractivity contribution in [3.05, 3.63) is 35.9 Å². The number of carbonyl (C=O) groups excluding carboxylic acids is 1. The Labute approximate surface area is 122 Å². The molecule has 3 heteroatoms. The molecule has 1 fully saturated rings. The minimum absolute atomic E-state index is 0.126. The van der Waals surface area contributed by atoms with E-state index < -0.39 is 0 Å². The highest BCUT2D eigenvalue weighted by molar-refractivity contribution is 5.75. The van der Waals surface area contributed by atoms with Crippen LogP contribution in [0.2, 0.25) is 0 Å². The molecule has 0 heterocycles. The number of rotatable bonds is 7. The highest BCUT2D eigenvalue weighted by Crippen LogP contribution is 2.46. The molecule has 2 rings (SSSR count). The summed E-state index contributed by atoms with van der Waals surface area (Å²) in [6.07, 6.45) is 5.35. The van der Waals surface area contributed by atoms with Crippen LogP contribution in [0.15, 0.2) is 30.3 Å². The van der Waals surface area contributed by atoms with Crippen molar-refractivity contribution in [2.24, 2.45) is 0 Å². The Morgan fingerprint density at radius 2 is 2.00 bits per heavy atom. The van der Waals surface area contributed by atoms with E-state index in [1.165, 1.54) is 24.8 Å². The fourth-order valence-corrected chi connectivity index (χ4v) is 3.19. The number of hydrogen-bond acceptors (Lipinski definition) is 2. The van der Waals surface area contributed by atoms with Gasteiger partial charge in [-0.3, -0.25) is 4.79 Å². The first-order valence-corrected chi connectivity index (χ1v) is 7.68. The van der Waals surface area contributed by atoms with Gasteiger partial charge in [0.1, 0.15) is 0 Å². The molecule has 1 atom stereocenters. The second-order valence-corrected chi connectivity index (χ2v) is 5.83. The lowest BCUT2D eigenvalue weighted by atomic mass is 9.60. The number of hydrogen-bond donors (Lipinski definition) is 2. The lowest BCUT2D eigenvalue weighted by molar-refractivity contribution is -0.120. The van der Waals surface area contributed by atoms with Gasteiger partial charge in [0.15, 0.2) is 0 Å². The molecule has 0 bridgehead atoms. The van der Waals surface area contributed by atoms with Crippen molar-refractivity contribution < 1.29 is 4.79 Å². The zero-order chi connectivity index (χ0) is 14.4. The molecule has 0 aromatic heterocycles. The van der Waals surface area contributed by atoms with E-state index in [4.69, 9.17) is 0 Å². The van der Waals surface area contributed by atoms with Crippen molar-refractivity contribution in [2.75, 3.05) is 13.6 Å². The molecule has 1 saturated carbocycles. The van der Waals surface area contributed by atoms with Crippen molar-refractivity contribution in [2.45, 2.75) is 50.5 Å². The standard InChI is InChI=1S/C17H26N2O/c1-14(19-13-6-10-16(20)18-2)17(11-7-12-17)15-8-4-3-5-9-15/h3-5,8-9,14,19H,6-7,10-13H2,1-2H3,(H,18,20). The molecular weight excluding hydrogens is 248 g/mol. The van der Waals surface area contributed by atoms with Crippen LogP contribution in [0, 0.1) is 0 Å². The van der Waals surface area contributed by atoms with Crippen LogP contribution in [0.25, 0.3) is 0 Å². The van der Waals surface area contributed by atoms with Crippen LogP contribution in [-0.4, -0.2) is 25.5 Å². The number of benzene rings is 1. The Kier molecular flexibility index (Phi) is 5.18. The lowest BCUT2D eigenvalue weighted by Gasteiger charge is -2.47. The first kappa shape index (κ1) is 15.0. The summed E-state index contributed by atoms with van der Waals surface area (Å²) >= 11 is 0. The smallest absolute Gasteiger partial charge is 0.219 e. The molecule has 1 aromatic rings. The Morgan fingerprint density at radius 3 is 2.55 bits per heavy atom. The summed E-state index contributed by atoms with van der Waals surface area (Å²) in [6.45, 7) is 3.19. The van der Waals surface area contributed by atoms with Crippen molar-refractivity contribution in [3.8, 4) is 0 Å². The summed E-state index contributed by atoms with van der Waals surface area (Å²) in [4.78, 5) is 11.2. The molecule has 1 aromatic carbocycles. The molecule has 1 aliphatic carbocycles. The average Bonchev–Trinajstić information content (AvgIpc) is 2.43. The topological polar surface area (TPSA) is 41.1 Å². The monoisotopic (exact) mass is 274 g/mol. The fourth-order valence-electron chi connectivity index (χ4n) is 3.19. The summed E-state index contributed by atoms with van der Waals surface area (Å²) in [5, 5.41) is 6.29. The second kappa shape index (κ2) is 6.89. The van der Waals surface area contributed by atoms with E-state index in [-0.39, 0.29) is 5.91 Å². The van der Waals surface area contributed by atoms with Gasteiger partial charge in [-0.15, -0.1) is 0 Å². The minimum Gasteiger partial charge on any atom is -0.359 e. The number of carbonyl (C=O) groups is 1. The van der Waals surface area contributed by atoms with E-state index in [1.807, 2.05) is 0 Å². The molecule has 1 aliphatic rings. The first-order valence-electron chi connectivity index (χ1n) is 7.68. The zero-order valence-electron chi connectivity index (χ0n) is 12.6. The SMILES string of the molecule is CNC(=O)CCCNC(C)C1(c2ccccc2)CCC1. The third-order valence-electron chi connectivity index (χ3n) is 4.73. The van der Waals surface area contributed by atoms with Gasteiger partial charge in [-0.25, -0.2) is 0 Å². The molecular formula is C17H26N2O. The van der Waals surface area contributed by atoms with Gasteiger partial charge in [-0.05, 0) is 38.3 Å². The van der Waals surface area contributed by atoms with Crippen molar-refractivity contribution >= 4 is 5.91 Å². The Bertz CT molecular complexity index is 426. The van der Waals surface area contributed by atoms with Gasteiger partial charge in [-0.1, -0.05) is 36.8 Å². The van der Waals surface area contributed by atoms with Crippen LogP contribution in [0.5, 0.6) is 0 Å². The highest BCUT2D eigenvalue weighted by Gasteiger charge is 2.42. The summed E-state index contributed by atoms with van der Waals surface area (Å²) in [6, 6.07) is 11.3. The highest BCUT2D eigenvalue weighted by atomic mass is 16.1. The molecule has 1 amide bonds. The zero-order valence-corrected chi connectivity index (χ0v) is 12.6. The number of nitrogens with one attached hydrogen (secondary N) is 2. The predicted octanol–water partition coefficient (Wildman–Crippen LogP) is 2.61. The molecule has 110 valence electrons. The van der Waals surface area contributed by atoms with Crippen LogP contribution in [-0.2, 0) is 10.2 Å². The largest absolute Gasteiger partial charge is 0.359 e. The third-order valence-corrected chi connectivity index (χ3v) is 4.73. The maximum atomic E-state index is 11.2. The van der Waals surface area contributed by atoms with Gasteiger partial charge in [0.2, 0.25) is 5.91 Å². The minimum atomic E-state index is 0.126. The van der Waals surface area contributed by atoms with E-state index in [9.17, 15) is 4.79 Å². The van der Waals surface area contributed by atoms with Crippen LogP contribution < -0.4 is 10.6 Å². The average molecular weight is 274 g/mol. The summed E-state index contributed by atoms with van der Waals surface area (Å²) in [5.74, 6) is 0.126. The van der Waals surface area contributed by atoms with E-state index >= 15 is 0 Å². The Balaban J connectivity index is 1.87. The van der Waals surface area contributed by atoms with Gasteiger partial charge in [-0.2, -0.15) is 0 Å². The van der Waals surface area contributed by atoms with Gasteiger partial charge < -0.3 is 10.6 Å². The Hall–Kier alpha value is -1.35. The van der Waals surface area contributed by atoms with Gasteiger partial charge in [0.05, 0.1) is 0 Å². The lowest BCUT2D eigenvalue weighted by Crippen LogP contribution is -2.51.